The van der Waals surface area contributed by atoms with Crippen LogP contribution in [0.5, 0.6) is 5.75 Å². The number of ketones is 1. The van der Waals surface area contributed by atoms with Gasteiger partial charge < -0.3 is 6.16 Å². The number of rotatable bonds is 3. The topological polar surface area (TPSA) is 26.3 Å². The van der Waals surface area contributed by atoms with Crippen LogP contribution in [-0.4, -0.2) is 12.9 Å². The monoisotopic (exact) mass is 252 g/mol. The molecule has 0 aliphatic carbocycles. The molecule has 17 heavy (non-hydrogen) atoms. The molecule has 3 heteroatoms. The Labute approximate surface area is 145 Å². The molecule has 0 N–H and O–H groups in total. The van der Waals surface area contributed by atoms with E-state index in [-0.39, 0.29) is 58.6 Å². The fraction of sp³-hybridized carbons (Fsp3) is 0.0714. The van der Waals surface area contributed by atoms with Crippen molar-refractivity contribution in [2.45, 2.75) is 0 Å². The summed E-state index contributed by atoms with van der Waals surface area (Å²) in [4.78, 5) is 12.0. The average Bonchev–Trinajstić information content (AvgIpc) is 2.39. The molecular formula is C14H13KO2. The van der Waals surface area contributed by atoms with E-state index in [4.69, 9.17) is 4.74 Å². The van der Waals surface area contributed by atoms with Crippen LogP contribution in [0.1, 0.15) is 17.3 Å². The predicted octanol–water partition coefficient (Wildman–Crippen LogP) is 0.0427. The van der Waals surface area contributed by atoms with E-state index in [1.54, 1.807) is 31.4 Å². The summed E-state index contributed by atoms with van der Waals surface area (Å²) in [5, 5.41) is 0. The van der Waals surface area contributed by atoms with E-state index in [1.807, 2.05) is 30.3 Å². The van der Waals surface area contributed by atoms with E-state index >= 15 is 0 Å². The number of hydrogen-bond donors (Lipinski definition) is 0. The van der Waals surface area contributed by atoms with E-state index in [0.717, 1.165) is 5.75 Å². The molecule has 0 saturated carbocycles. The molecule has 82 valence electrons. The largest absolute Gasteiger partial charge is 1.00 e. The third kappa shape index (κ3) is 3.76. The Hall–Kier alpha value is -0.454. The summed E-state index contributed by atoms with van der Waals surface area (Å²) >= 11 is 0. The van der Waals surface area contributed by atoms with Crippen LogP contribution in [0.2, 0.25) is 0 Å². The van der Waals surface area contributed by atoms with Crippen molar-refractivity contribution in [2.24, 2.45) is 0 Å². The molecule has 0 aromatic heterocycles. The Kier molecular flexibility index (Phi) is 6.09. The summed E-state index contributed by atoms with van der Waals surface area (Å²) in [5.41, 5.74) is 1.37. The summed E-state index contributed by atoms with van der Waals surface area (Å²) in [7, 11) is 1.61. The van der Waals surface area contributed by atoms with Crippen molar-refractivity contribution in [3.8, 4) is 5.75 Å². The molecule has 0 atom stereocenters. The zero-order valence-electron chi connectivity index (χ0n) is 11.0. The van der Waals surface area contributed by atoms with E-state index in [0.29, 0.717) is 11.1 Å². The summed E-state index contributed by atoms with van der Waals surface area (Å²) < 4.78 is 5.04. The van der Waals surface area contributed by atoms with Crippen LogP contribution < -0.4 is 56.1 Å². The zero-order valence-corrected chi connectivity index (χ0v) is 13.1. The van der Waals surface area contributed by atoms with E-state index in [2.05, 4.69) is 0 Å². The first kappa shape index (κ1) is 14.6. The third-order valence-corrected chi connectivity index (χ3v) is 2.39. The quantitative estimate of drug-likeness (QED) is 0.570. The van der Waals surface area contributed by atoms with E-state index < -0.39 is 0 Å². The van der Waals surface area contributed by atoms with Crippen LogP contribution in [-0.2, 0) is 0 Å². The van der Waals surface area contributed by atoms with Crippen LogP contribution in [0.3, 0.4) is 0 Å². The Morgan fingerprint density at radius 3 is 2.00 bits per heavy atom. The number of carbonyl (C=O) groups is 1. The SMILES string of the molecule is COc1ccc(C(=O)c2ccccc2)cc1.[H-].[K+]. The number of hydrogen-bond acceptors (Lipinski definition) is 2. The molecule has 0 heterocycles. The van der Waals surface area contributed by atoms with Crippen LogP contribution >= 0.6 is 0 Å². The molecule has 0 radical (unpaired) electrons. The van der Waals surface area contributed by atoms with Gasteiger partial charge in [0.25, 0.3) is 0 Å². The number of carbonyl (C=O) groups excluding carboxylic acids is 1. The molecule has 2 aromatic rings. The van der Waals surface area contributed by atoms with Crippen molar-refractivity contribution in [1.29, 1.82) is 0 Å². The standard InChI is InChI=1S/C14H12O2.K.H/c1-16-13-9-7-12(8-10-13)14(15)11-5-3-2-4-6-11;;/h2-10H,1H3;;/q;+1;-1. The minimum Gasteiger partial charge on any atom is -1.00 e. The molecule has 0 saturated heterocycles. The second kappa shape index (κ2) is 7.09. The van der Waals surface area contributed by atoms with Gasteiger partial charge in [-0.05, 0) is 24.3 Å². The average molecular weight is 252 g/mol. The predicted molar refractivity (Wildman–Crippen MR) is 64.0 cm³/mol. The third-order valence-electron chi connectivity index (χ3n) is 2.39. The molecule has 0 aliphatic rings. The van der Waals surface area contributed by atoms with Gasteiger partial charge in [-0.2, -0.15) is 0 Å². The Morgan fingerprint density at radius 2 is 1.47 bits per heavy atom. The molecule has 0 unspecified atom stereocenters. The smallest absolute Gasteiger partial charge is 1.00 e. The molecule has 0 fully saturated rings. The van der Waals surface area contributed by atoms with Gasteiger partial charge in [0, 0.05) is 11.1 Å². The number of methoxy groups -OCH3 is 1. The van der Waals surface area contributed by atoms with Crippen molar-refractivity contribution < 1.29 is 62.3 Å². The molecular weight excluding hydrogens is 239 g/mol. The maximum absolute atomic E-state index is 12.0. The van der Waals surface area contributed by atoms with Gasteiger partial charge in [-0.3, -0.25) is 4.79 Å². The molecule has 2 rings (SSSR count). The van der Waals surface area contributed by atoms with Crippen LogP contribution in [0, 0.1) is 0 Å². The van der Waals surface area contributed by atoms with E-state index in [1.165, 1.54) is 0 Å². The first-order valence-electron chi connectivity index (χ1n) is 5.05. The van der Waals surface area contributed by atoms with Crippen LogP contribution in [0.25, 0.3) is 0 Å². The summed E-state index contributed by atoms with van der Waals surface area (Å²) in [6.45, 7) is 0. The van der Waals surface area contributed by atoms with Gasteiger partial charge in [0.05, 0.1) is 7.11 Å². The van der Waals surface area contributed by atoms with Crippen LogP contribution in [0.4, 0.5) is 0 Å². The maximum Gasteiger partial charge on any atom is 1.00 e. The fourth-order valence-electron chi connectivity index (χ4n) is 1.50. The van der Waals surface area contributed by atoms with Crippen molar-refractivity contribution in [1.82, 2.24) is 0 Å². The summed E-state index contributed by atoms with van der Waals surface area (Å²) in [5.74, 6) is 0.785. The molecule has 0 bridgehead atoms. The Balaban J connectivity index is 0.00000144. The zero-order chi connectivity index (χ0) is 11.4. The summed E-state index contributed by atoms with van der Waals surface area (Å²) in [6, 6.07) is 16.4. The molecule has 0 aliphatic heterocycles. The second-order valence-electron chi connectivity index (χ2n) is 3.42. The minimum atomic E-state index is 0. The van der Waals surface area contributed by atoms with Gasteiger partial charge in [0.15, 0.2) is 5.78 Å². The van der Waals surface area contributed by atoms with Gasteiger partial charge in [0.2, 0.25) is 0 Å². The first-order valence-corrected chi connectivity index (χ1v) is 5.05. The first-order chi connectivity index (χ1) is 7.81. The normalized spacial score (nSPS) is 9.24. The number of ether oxygens (including phenoxy) is 1. The fourth-order valence-corrected chi connectivity index (χ4v) is 1.50. The van der Waals surface area contributed by atoms with Crippen molar-refractivity contribution in [2.75, 3.05) is 7.11 Å². The molecule has 0 amide bonds. The van der Waals surface area contributed by atoms with Gasteiger partial charge in [-0.15, -0.1) is 0 Å². The van der Waals surface area contributed by atoms with Crippen molar-refractivity contribution in [3.05, 3.63) is 65.7 Å². The van der Waals surface area contributed by atoms with Gasteiger partial charge in [-0.25, -0.2) is 0 Å². The van der Waals surface area contributed by atoms with Gasteiger partial charge >= 0.3 is 51.4 Å². The maximum atomic E-state index is 12.0. The van der Waals surface area contributed by atoms with Gasteiger partial charge in [-0.1, -0.05) is 30.3 Å². The number of benzene rings is 2. The van der Waals surface area contributed by atoms with Crippen molar-refractivity contribution in [3.63, 3.8) is 0 Å². The molecule has 0 spiro atoms. The summed E-state index contributed by atoms with van der Waals surface area (Å²) in [6.07, 6.45) is 0. The van der Waals surface area contributed by atoms with Crippen LogP contribution in [0.15, 0.2) is 54.6 Å². The van der Waals surface area contributed by atoms with E-state index in [9.17, 15) is 4.79 Å². The Morgan fingerprint density at radius 1 is 0.941 bits per heavy atom. The second-order valence-corrected chi connectivity index (χ2v) is 3.42. The molecule has 2 nitrogen and oxygen atoms in total. The van der Waals surface area contributed by atoms with Crippen molar-refractivity contribution >= 4 is 5.78 Å². The van der Waals surface area contributed by atoms with Gasteiger partial charge in [0.1, 0.15) is 5.75 Å². The molecule has 2 aromatic carbocycles. The minimum absolute atomic E-state index is 0. The Bertz CT molecular complexity index is 483.